The summed E-state index contributed by atoms with van der Waals surface area (Å²) in [5.74, 6) is -1.54. The molecule has 0 bridgehead atoms. The van der Waals surface area contributed by atoms with Gasteiger partial charge in [-0.3, -0.25) is 4.40 Å². The lowest BCUT2D eigenvalue weighted by molar-refractivity contribution is 0.0606. The van der Waals surface area contributed by atoms with Crippen LogP contribution < -0.4 is 0 Å². The number of nitrogens with zero attached hydrogens (tertiary/aromatic N) is 2. The number of esters is 1. The van der Waals surface area contributed by atoms with Crippen molar-refractivity contribution in [2.24, 2.45) is 0 Å². The van der Waals surface area contributed by atoms with E-state index in [1.807, 2.05) is 0 Å². The van der Waals surface area contributed by atoms with Gasteiger partial charge in [0.15, 0.2) is 4.96 Å². The topological polar surface area (TPSA) is 43.6 Å². The van der Waals surface area contributed by atoms with Crippen molar-refractivity contribution in [3.05, 3.63) is 47.1 Å². The first-order chi connectivity index (χ1) is 9.58. The Morgan fingerprint density at radius 3 is 2.85 bits per heavy atom. The van der Waals surface area contributed by atoms with Crippen LogP contribution in [0.15, 0.2) is 30.6 Å². The Morgan fingerprint density at radius 1 is 1.35 bits per heavy atom. The van der Waals surface area contributed by atoms with Gasteiger partial charge >= 0.3 is 5.97 Å². The van der Waals surface area contributed by atoms with Crippen LogP contribution in [0.25, 0.3) is 16.2 Å². The van der Waals surface area contributed by atoms with E-state index in [0.717, 1.165) is 29.5 Å². The lowest BCUT2D eigenvalue weighted by Crippen LogP contribution is -1.97. The highest BCUT2D eigenvalue weighted by atomic mass is 32.1. The summed E-state index contributed by atoms with van der Waals surface area (Å²) < 4.78 is 33.0. The molecule has 3 aromatic rings. The van der Waals surface area contributed by atoms with E-state index in [2.05, 4.69) is 9.72 Å². The molecule has 2 aromatic heterocycles. The molecule has 0 radical (unpaired) electrons. The SMILES string of the molecule is COC(=O)c1cn2cc(-c3cc(F)ccc3F)nc2s1. The molecule has 20 heavy (non-hydrogen) atoms. The summed E-state index contributed by atoms with van der Waals surface area (Å²) in [6.45, 7) is 0. The van der Waals surface area contributed by atoms with Crippen LogP contribution in [0.5, 0.6) is 0 Å². The van der Waals surface area contributed by atoms with E-state index >= 15 is 0 Å². The lowest BCUT2D eigenvalue weighted by Gasteiger charge is -1.98. The van der Waals surface area contributed by atoms with Crippen molar-refractivity contribution in [2.45, 2.75) is 0 Å². The van der Waals surface area contributed by atoms with Gasteiger partial charge in [0.1, 0.15) is 16.5 Å². The fraction of sp³-hybridized carbons (Fsp3) is 0.0769. The summed E-state index contributed by atoms with van der Waals surface area (Å²) in [6.07, 6.45) is 3.08. The second-order valence-electron chi connectivity index (χ2n) is 4.03. The molecule has 0 aliphatic carbocycles. The third-order valence-corrected chi connectivity index (χ3v) is 3.72. The molecule has 0 aliphatic rings. The van der Waals surface area contributed by atoms with Crippen LogP contribution in [0, 0.1) is 11.6 Å². The smallest absolute Gasteiger partial charge is 0.349 e. The van der Waals surface area contributed by atoms with Crippen LogP contribution >= 0.6 is 11.3 Å². The number of hydrogen-bond acceptors (Lipinski definition) is 4. The van der Waals surface area contributed by atoms with E-state index in [-0.39, 0.29) is 5.56 Å². The van der Waals surface area contributed by atoms with Crippen molar-refractivity contribution in [1.82, 2.24) is 9.38 Å². The zero-order chi connectivity index (χ0) is 14.3. The number of hydrogen-bond donors (Lipinski definition) is 0. The van der Waals surface area contributed by atoms with Gasteiger partial charge in [-0.1, -0.05) is 11.3 Å². The molecule has 0 saturated carbocycles. The number of imidazole rings is 1. The molecule has 0 saturated heterocycles. The average Bonchev–Trinajstić information content (AvgIpc) is 2.98. The molecule has 0 fully saturated rings. The summed E-state index contributed by atoms with van der Waals surface area (Å²) in [5.41, 5.74) is 0.394. The molecule has 0 amide bonds. The maximum absolute atomic E-state index is 13.7. The van der Waals surface area contributed by atoms with Gasteiger partial charge in [0.2, 0.25) is 0 Å². The maximum Gasteiger partial charge on any atom is 0.349 e. The molecular formula is C13H8F2N2O2S. The third kappa shape index (κ3) is 2.05. The molecular weight excluding hydrogens is 286 g/mol. The summed E-state index contributed by atoms with van der Waals surface area (Å²) in [6, 6.07) is 3.19. The first-order valence-corrected chi connectivity index (χ1v) is 6.42. The normalized spacial score (nSPS) is 10.9. The van der Waals surface area contributed by atoms with Crippen LogP contribution in [-0.2, 0) is 4.74 Å². The van der Waals surface area contributed by atoms with Gasteiger partial charge in [-0.15, -0.1) is 0 Å². The number of aromatic nitrogens is 2. The molecule has 0 N–H and O–H groups in total. The number of ether oxygens (including phenoxy) is 1. The molecule has 0 aliphatic heterocycles. The highest BCUT2D eigenvalue weighted by Gasteiger charge is 2.15. The van der Waals surface area contributed by atoms with Crippen molar-refractivity contribution in [1.29, 1.82) is 0 Å². The van der Waals surface area contributed by atoms with Crippen LogP contribution in [0.3, 0.4) is 0 Å². The molecule has 3 rings (SSSR count). The van der Waals surface area contributed by atoms with E-state index in [9.17, 15) is 13.6 Å². The van der Waals surface area contributed by atoms with Crippen LogP contribution in [0.2, 0.25) is 0 Å². The quantitative estimate of drug-likeness (QED) is 0.682. The third-order valence-electron chi connectivity index (χ3n) is 2.75. The van der Waals surface area contributed by atoms with Gasteiger partial charge in [0, 0.05) is 18.0 Å². The fourth-order valence-electron chi connectivity index (χ4n) is 1.81. The number of carbonyl (C=O) groups is 1. The van der Waals surface area contributed by atoms with Crippen molar-refractivity contribution in [3.63, 3.8) is 0 Å². The Kier molecular flexibility index (Phi) is 2.98. The first kappa shape index (κ1) is 12.7. The predicted octanol–water partition coefficient (Wildman–Crippen LogP) is 3.13. The second kappa shape index (κ2) is 4.68. The molecule has 0 unspecified atom stereocenters. The van der Waals surface area contributed by atoms with Gasteiger partial charge < -0.3 is 4.74 Å². The number of fused-ring (bicyclic) bond motifs is 1. The Morgan fingerprint density at radius 2 is 2.15 bits per heavy atom. The average molecular weight is 294 g/mol. The van der Waals surface area contributed by atoms with Gasteiger partial charge in [-0.25, -0.2) is 18.6 Å². The summed E-state index contributed by atoms with van der Waals surface area (Å²) in [5, 5.41) is 0. The van der Waals surface area contributed by atoms with Crippen LogP contribution in [-0.4, -0.2) is 22.5 Å². The Labute approximate surface area is 116 Å². The van der Waals surface area contributed by atoms with Gasteiger partial charge in [0.25, 0.3) is 0 Å². The lowest BCUT2D eigenvalue weighted by atomic mass is 10.1. The highest BCUT2D eigenvalue weighted by molar-refractivity contribution is 7.18. The van der Waals surface area contributed by atoms with Crippen LogP contribution in [0.1, 0.15) is 9.67 Å². The van der Waals surface area contributed by atoms with E-state index in [0.29, 0.717) is 15.5 Å². The Balaban J connectivity index is 2.08. The van der Waals surface area contributed by atoms with Gasteiger partial charge in [-0.2, -0.15) is 0 Å². The molecule has 0 spiro atoms. The molecule has 0 atom stereocenters. The number of halogens is 2. The molecule has 1 aromatic carbocycles. The molecule has 4 nitrogen and oxygen atoms in total. The van der Waals surface area contributed by atoms with Gasteiger partial charge in [-0.05, 0) is 18.2 Å². The van der Waals surface area contributed by atoms with E-state index in [1.165, 1.54) is 13.3 Å². The summed E-state index contributed by atoms with van der Waals surface area (Å²) in [4.78, 5) is 16.5. The summed E-state index contributed by atoms with van der Waals surface area (Å²) in [7, 11) is 1.29. The standard InChI is InChI=1S/C13H8F2N2O2S/c1-19-12(18)11-6-17-5-10(16-13(17)20-11)8-4-7(14)2-3-9(8)15/h2-6H,1H3. The minimum atomic E-state index is -0.551. The number of thiazole rings is 1. The zero-order valence-electron chi connectivity index (χ0n) is 10.3. The van der Waals surface area contributed by atoms with E-state index < -0.39 is 17.6 Å². The minimum absolute atomic E-state index is 0.0838. The second-order valence-corrected chi connectivity index (χ2v) is 5.04. The number of benzene rings is 1. The highest BCUT2D eigenvalue weighted by Crippen LogP contribution is 2.26. The van der Waals surface area contributed by atoms with Crippen molar-refractivity contribution in [3.8, 4) is 11.3 Å². The van der Waals surface area contributed by atoms with E-state index in [1.54, 1.807) is 10.6 Å². The summed E-state index contributed by atoms with van der Waals surface area (Å²) >= 11 is 1.12. The Hall–Kier alpha value is -2.28. The number of rotatable bonds is 2. The van der Waals surface area contributed by atoms with Gasteiger partial charge in [0.05, 0.1) is 12.8 Å². The van der Waals surface area contributed by atoms with Crippen molar-refractivity contribution < 1.29 is 18.3 Å². The number of methoxy groups -OCH3 is 1. The van der Waals surface area contributed by atoms with Crippen molar-refractivity contribution in [2.75, 3.05) is 7.11 Å². The van der Waals surface area contributed by atoms with Crippen molar-refractivity contribution >= 4 is 22.3 Å². The fourth-order valence-corrected chi connectivity index (χ4v) is 2.70. The maximum atomic E-state index is 13.7. The predicted molar refractivity (Wildman–Crippen MR) is 69.8 cm³/mol. The van der Waals surface area contributed by atoms with E-state index in [4.69, 9.17) is 0 Å². The molecule has 102 valence electrons. The molecule has 7 heteroatoms. The number of carbonyl (C=O) groups excluding carboxylic acids is 1. The minimum Gasteiger partial charge on any atom is -0.465 e. The monoisotopic (exact) mass is 294 g/mol. The first-order valence-electron chi connectivity index (χ1n) is 5.61. The largest absolute Gasteiger partial charge is 0.465 e. The van der Waals surface area contributed by atoms with Crippen LogP contribution in [0.4, 0.5) is 8.78 Å². The zero-order valence-corrected chi connectivity index (χ0v) is 11.1. The molecule has 2 heterocycles. The Bertz CT molecular complexity index is 778.